The third kappa shape index (κ3) is 6.24. The highest BCUT2D eigenvalue weighted by molar-refractivity contribution is 6.18. The number of nitro groups is 1. The van der Waals surface area contributed by atoms with Crippen LogP contribution in [0.25, 0.3) is 0 Å². The van der Waals surface area contributed by atoms with Crippen molar-refractivity contribution in [1.29, 1.82) is 0 Å². The number of nitrogens with one attached hydrogen (secondary N) is 1. The molecule has 1 rings (SSSR count). The molecule has 0 atom stereocenters. The van der Waals surface area contributed by atoms with Crippen molar-refractivity contribution in [2.24, 2.45) is 0 Å². The maximum Gasteiger partial charge on any atom is 0.417 e. The van der Waals surface area contributed by atoms with Crippen molar-refractivity contribution in [1.82, 2.24) is 4.98 Å². The van der Waals surface area contributed by atoms with E-state index in [0.29, 0.717) is 0 Å². The molecule has 0 aromatic carbocycles. The lowest BCUT2D eigenvalue weighted by Gasteiger charge is -2.16. The van der Waals surface area contributed by atoms with Gasteiger partial charge in [-0.3, -0.25) is 5.32 Å². The van der Waals surface area contributed by atoms with Gasteiger partial charge in [0, 0.05) is 12.6 Å². The topological polar surface area (TPSA) is 124 Å². The molecule has 0 aliphatic rings. The molecular weight excluding hydrogens is 379 g/mol. The van der Waals surface area contributed by atoms with Crippen molar-refractivity contribution in [3.8, 4) is 0 Å². The number of hydrogen-bond acceptors (Lipinski definition) is 7. The number of halogens is 2. The van der Waals surface area contributed by atoms with Gasteiger partial charge < -0.3 is 19.6 Å². The lowest BCUT2D eigenvalue weighted by Crippen LogP contribution is -2.32. The van der Waals surface area contributed by atoms with Gasteiger partial charge in [0.25, 0.3) is 5.82 Å². The highest BCUT2D eigenvalue weighted by atomic mass is 35.5. The fourth-order valence-corrected chi connectivity index (χ4v) is 1.85. The minimum atomic E-state index is -0.910. The molecule has 0 spiro atoms. The first-order chi connectivity index (χ1) is 11.9. The van der Waals surface area contributed by atoms with Gasteiger partial charge in [0.05, 0.1) is 11.8 Å². The average molecular weight is 395 g/mol. The van der Waals surface area contributed by atoms with E-state index in [9.17, 15) is 19.7 Å². The van der Waals surface area contributed by atoms with Crippen molar-refractivity contribution < 1.29 is 24.0 Å². The van der Waals surface area contributed by atoms with Crippen LogP contribution in [-0.2, 0) is 9.47 Å². The molecular formula is C13H16Cl2N4O6. The van der Waals surface area contributed by atoms with Gasteiger partial charge in [-0.15, -0.1) is 23.2 Å². The number of amides is 2. The Morgan fingerprint density at radius 1 is 1.28 bits per heavy atom. The smallest absolute Gasteiger partial charge is 0.417 e. The highest BCUT2D eigenvalue weighted by Crippen LogP contribution is 2.26. The molecule has 138 valence electrons. The predicted octanol–water partition coefficient (Wildman–Crippen LogP) is 2.98. The van der Waals surface area contributed by atoms with Crippen LogP contribution in [0, 0.1) is 10.1 Å². The number of ether oxygens (including phenoxy) is 2. The zero-order chi connectivity index (χ0) is 18.8. The summed E-state index contributed by atoms with van der Waals surface area (Å²) in [5, 5.41) is 13.4. The Morgan fingerprint density at radius 3 is 2.48 bits per heavy atom. The van der Waals surface area contributed by atoms with E-state index >= 15 is 0 Å². The first-order valence-electron chi connectivity index (χ1n) is 7.10. The highest BCUT2D eigenvalue weighted by Gasteiger charge is 2.26. The number of rotatable bonds is 8. The molecule has 10 nitrogen and oxygen atoms in total. The Kier molecular flexibility index (Phi) is 8.71. The van der Waals surface area contributed by atoms with Crippen LogP contribution in [0.1, 0.15) is 6.92 Å². The van der Waals surface area contributed by atoms with Crippen molar-refractivity contribution in [2.75, 3.05) is 41.7 Å². The Hall–Kier alpha value is -2.33. The summed E-state index contributed by atoms with van der Waals surface area (Å²) in [4.78, 5) is 38.7. The van der Waals surface area contributed by atoms with Crippen LogP contribution in [0.2, 0.25) is 0 Å². The third-order valence-electron chi connectivity index (χ3n) is 2.70. The summed E-state index contributed by atoms with van der Waals surface area (Å²) >= 11 is 10.8. The molecule has 1 aromatic heterocycles. The maximum atomic E-state index is 11.9. The molecule has 0 saturated carbocycles. The molecule has 1 heterocycles. The van der Waals surface area contributed by atoms with Gasteiger partial charge >= 0.3 is 18.0 Å². The molecule has 2 amide bonds. The summed E-state index contributed by atoms with van der Waals surface area (Å²) in [6, 6.07) is 2.57. The largest absolute Gasteiger partial charge is 0.448 e. The average Bonchev–Trinajstić information content (AvgIpc) is 2.59. The lowest BCUT2D eigenvalue weighted by molar-refractivity contribution is -0.388. The number of anilines is 2. The lowest BCUT2D eigenvalue weighted by atomic mass is 10.3. The second-order valence-corrected chi connectivity index (χ2v) is 5.05. The van der Waals surface area contributed by atoms with E-state index in [-0.39, 0.29) is 43.0 Å². The predicted molar refractivity (Wildman–Crippen MR) is 91.7 cm³/mol. The summed E-state index contributed by atoms with van der Waals surface area (Å²) in [6.45, 7) is 1.74. The van der Waals surface area contributed by atoms with Gasteiger partial charge in [0.15, 0.2) is 0 Å². The van der Waals surface area contributed by atoms with Gasteiger partial charge in [-0.2, -0.15) is 0 Å². The normalized spacial score (nSPS) is 10.0. The number of carbonyl (C=O) groups excluding carboxylic acids is 2. The van der Waals surface area contributed by atoms with Gasteiger partial charge in [-0.05, 0) is 22.9 Å². The van der Waals surface area contributed by atoms with Crippen molar-refractivity contribution in [3.05, 3.63) is 22.2 Å². The molecule has 0 aliphatic heterocycles. The summed E-state index contributed by atoms with van der Waals surface area (Å²) in [7, 11) is 0. The molecule has 0 fully saturated rings. The van der Waals surface area contributed by atoms with E-state index in [2.05, 4.69) is 15.0 Å². The zero-order valence-electron chi connectivity index (χ0n) is 13.2. The molecule has 1 aromatic rings. The Balaban J connectivity index is 3.04. The van der Waals surface area contributed by atoms with E-state index in [4.69, 9.17) is 27.9 Å². The molecule has 0 radical (unpaired) electrons. The summed E-state index contributed by atoms with van der Waals surface area (Å²) in [5.41, 5.74) is -0.182. The quantitative estimate of drug-likeness (QED) is 0.408. The summed E-state index contributed by atoms with van der Waals surface area (Å²) in [6.07, 6.45) is -1.65. The van der Waals surface area contributed by atoms with Crippen LogP contribution in [0.5, 0.6) is 0 Å². The number of hydrogen-bond donors (Lipinski definition) is 1. The number of carbonyl (C=O) groups is 2. The molecule has 0 unspecified atom stereocenters. The van der Waals surface area contributed by atoms with Crippen LogP contribution in [-0.4, -0.2) is 53.6 Å². The summed E-state index contributed by atoms with van der Waals surface area (Å²) in [5.74, 6) is -0.454. The SMILES string of the molecule is CCN(C(=O)OCCCl)c1ccc(NC(=O)OCCCl)c([N+](=O)[O-])n1. The van der Waals surface area contributed by atoms with Gasteiger partial charge in [0.2, 0.25) is 0 Å². The molecule has 0 bridgehead atoms. The third-order valence-corrected chi connectivity index (χ3v) is 3.00. The fourth-order valence-electron chi connectivity index (χ4n) is 1.69. The maximum absolute atomic E-state index is 11.9. The van der Waals surface area contributed by atoms with Crippen LogP contribution < -0.4 is 10.2 Å². The zero-order valence-corrected chi connectivity index (χ0v) is 14.7. The fraction of sp³-hybridized carbons (Fsp3) is 0.462. The Labute approximate surface area is 153 Å². The van der Waals surface area contributed by atoms with Gasteiger partial charge in [0.1, 0.15) is 18.9 Å². The number of nitrogens with zero attached hydrogens (tertiary/aromatic N) is 3. The molecule has 25 heavy (non-hydrogen) atoms. The number of alkyl halides is 2. The number of aromatic nitrogens is 1. The molecule has 0 aliphatic carbocycles. The van der Waals surface area contributed by atoms with Gasteiger partial charge in [-0.25, -0.2) is 14.5 Å². The molecule has 0 saturated heterocycles. The van der Waals surface area contributed by atoms with E-state index in [1.165, 1.54) is 12.1 Å². The second kappa shape index (κ2) is 10.5. The van der Waals surface area contributed by atoms with E-state index in [0.717, 1.165) is 4.90 Å². The van der Waals surface area contributed by atoms with Crippen LogP contribution in [0.4, 0.5) is 26.9 Å². The minimum absolute atomic E-state index is 0.00607. The van der Waals surface area contributed by atoms with Crippen molar-refractivity contribution >= 4 is 52.7 Å². The van der Waals surface area contributed by atoms with Crippen LogP contribution in [0.3, 0.4) is 0 Å². The van der Waals surface area contributed by atoms with Crippen LogP contribution in [0.15, 0.2) is 12.1 Å². The number of pyridine rings is 1. The molecule has 12 heteroatoms. The Morgan fingerprint density at radius 2 is 1.92 bits per heavy atom. The van der Waals surface area contributed by atoms with Crippen LogP contribution >= 0.6 is 23.2 Å². The second-order valence-electron chi connectivity index (χ2n) is 4.30. The van der Waals surface area contributed by atoms with Gasteiger partial charge in [-0.1, -0.05) is 0 Å². The minimum Gasteiger partial charge on any atom is -0.448 e. The first-order valence-corrected chi connectivity index (χ1v) is 8.16. The summed E-state index contributed by atoms with van der Waals surface area (Å²) < 4.78 is 9.56. The standard InChI is InChI=1S/C13H16Cl2N4O6/c1-2-18(13(21)25-8-6-15)10-4-3-9(11(17-10)19(22)23)16-12(20)24-7-5-14/h3-4H,2,5-8H2,1H3,(H,16,20). The van der Waals surface area contributed by atoms with E-state index < -0.39 is 22.9 Å². The van der Waals surface area contributed by atoms with E-state index in [1.807, 2.05) is 0 Å². The first kappa shape index (κ1) is 20.7. The van der Waals surface area contributed by atoms with E-state index in [1.54, 1.807) is 6.92 Å². The monoisotopic (exact) mass is 394 g/mol. The Bertz CT molecular complexity index is 631. The van der Waals surface area contributed by atoms with Crippen molar-refractivity contribution in [3.63, 3.8) is 0 Å². The van der Waals surface area contributed by atoms with Crippen molar-refractivity contribution in [2.45, 2.75) is 6.92 Å². The molecule has 1 N–H and O–H groups in total.